The molecule has 0 saturated heterocycles. The van der Waals surface area contributed by atoms with Gasteiger partial charge in [0.05, 0.1) is 6.10 Å². The number of carbonyl (C=O) groups is 1. The minimum absolute atomic E-state index is 0.194. The molecule has 0 bridgehead atoms. The number of ether oxygens (including phenoxy) is 1. The third-order valence-electron chi connectivity index (χ3n) is 3.17. The number of hydrogen-bond acceptors (Lipinski definition) is 3. The van der Waals surface area contributed by atoms with Crippen molar-refractivity contribution in [3.63, 3.8) is 0 Å². The molecule has 0 spiro atoms. The van der Waals surface area contributed by atoms with E-state index in [4.69, 9.17) is 4.74 Å². The van der Waals surface area contributed by atoms with Crippen molar-refractivity contribution in [3.05, 3.63) is 0 Å². The normalized spacial score (nSPS) is 27.4. The molecule has 0 aromatic carbocycles. The average Bonchev–Trinajstić information content (AvgIpc) is 2.15. The Kier molecular flexibility index (Phi) is 4.80. The third kappa shape index (κ3) is 5.39. The maximum Gasteiger partial charge on any atom is 0.407 e. The molecule has 1 fully saturated rings. The molecule has 1 aliphatic carbocycles. The van der Waals surface area contributed by atoms with Crippen LogP contribution in [0.25, 0.3) is 0 Å². The molecule has 1 saturated carbocycles. The predicted octanol–water partition coefficient (Wildman–Crippen LogP) is 2.45. The van der Waals surface area contributed by atoms with Crippen molar-refractivity contribution in [1.82, 2.24) is 5.32 Å². The Bertz CT molecular complexity index is 250. The molecule has 4 heteroatoms. The zero-order chi connectivity index (χ0) is 13.1. The van der Waals surface area contributed by atoms with Gasteiger partial charge in [0.25, 0.3) is 0 Å². The summed E-state index contributed by atoms with van der Waals surface area (Å²) in [4.78, 5) is 11.6. The molecule has 0 unspecified atom stereocenters. The summed E-state index contributed by atoms with van der Waals surface area (Å²) >= 11 is 0. The summed E-state index contributed by atoms with van der Waals surface area (Å²) in [6, 6.07) is 0.194. The minimum atomic E-state index is -0.444. The van der Waals surface area contributed by atoms with Gasteiger partial charge in [0, 0.05) is 6.04 Å². The van der Waals surface area contributed by atoms with Crippen LogP contribution in [0.15, 0.2) is 0 Å². The summed E-state index contributed by atoms with van der Waals surface area (Å²) in [5.41, 5.74) is -0.444. The molecule has 1 amide bonds. The highest BCUT2D eigenvalue weighted by molar-refractivity contribution is 5.68. The van der Waals surface area contributed by atoms with Crippen molar-refractivity contribution in [3.8, 4) is 0 Å². The van der Waals surface area contributed by atoms with E-state index in [-0.39, 0.29) is 18.2 Å². The lowest BCUT2D eigenvalue weighted by atomic mass is 9.83. The molecule has 100 valence electrons. The predicted molar refractivity (Wildman–Crippen MR) is 66.8 cm³/mol. The molecule has 1 rings (SSSR count). The van der Waals surface area contributed by atoms with Crippen molar-refractivity contribution in [2.45, 2.75) is 71.1 Å². The maximum atomic E-state index is 11.6. The first-order chi connectivity index (χ1) is 7.78. The quantitative estimate of drug-likeness (QED) is 0.783. The first kappa shape index (κ1) is 14.3. The molecule has 1 aliphatic rings. The summed E-state index contributed by atoms with van der Waals surface area (Å²) in [6.07, 6.45) is 3.22. The van der Waals surface area contributed by atoms with Gasteiger partial charge < -0.3 is 15.2 Å². The van der Waals surface area contributed by atoms with E-state index in [0.29, 0.717) is 5.92 Å². The Morgan fingerprint density at radius 1 is 1.29 bits per heavy atom. The summed E-state index contributed by atoms with van der Waals surface area (Å²) in [5.74, 6) is 0.381. The van der Waals surface area contributed by atoms with Crippen LogP contribution in [0.4, 0.5) is 4.79 Å². The molecular weight excluding hydrogens is 218 g/mol. The monoisotopic (exact) mass is 243 g/mol. The van der Waals surface area contributed by atoms with Crippen molar-refractivity contribution in [2.75, 3.05) is 0 Å². The van der Waals surface area contributed by atoms with Crippen molar-refractivity contribution in [2.24, 2.45) is 5.92 Å². The Morgan fingerprint density at radius 3 is 2.24 bits per heavy atom. The molecule has 0 aromatic rings. The lowest BCUT2D eigenvalue weighted by Crippen LogP contribution is -2.41. The molecule has 0 aliphatic heterocycles. The second-order valence-corrected chi connectivity index (χ2v) is 6.00. The van der Waals surface area contributed by atoms with Gasteiger partial charge in [-0.2, -0.15) is 0 Å². The van der Waals surface area contributed by atoms with Gasteiger partial charge in [-0.05, 0) is 59.3 Å². The van der Waals surface area contributed by atoms with Crippen LogP contribution in [0, 0.1) is 5.92 Å². The topological polar surface area (TPSA) is 58.6 Å². The van der Waals surface area contributed by atoms with E-state index >= 15 is 0 Å². The molecule has 1 atom stereocenters. The van der Waals surface area contributed by atoms with Crippen LogP contribution in [-0.4, -0.2) is 28.9 Å². The number of amides is 1. The largest absolute Gasteiger partial charge is 0.444 e. The highest BCUT2D eigenvalue weighted by Crippen LogP contribution is 2.26. The van der Waals surface area contributed by atoms with Crippen LogP contribution in [0.1, 0.15) is 53.4 Å². The van der Waals surface area contributed by atoms with Crippen molar-refractivity contribution in [1.29, 1.82) is 0 Å². The van der Waals surface area contributed by atoms with E-state index in [2.05, 4.69) is 5.32 Å². The average molecular weight is 243 g/mol. The number of alkyl carbamates (subject to hydrolysis) is 1. The zero-order valence-corrected chi connectivity index (χ0v) is 11.3. The smallest absolute Gasteiger partial charge is 0.407 e. The highest BCUT2D eigenvalue weighted by atomic mass is 16.6. The molecule has 0 heterocycles. The fraction of sp³-hybridized carbons (Fsp3) is 0.923. The lowest BCUT2D eigenvalue weighted by molar-refractivity contribution is 0.0463. The standard InChI is InChI=1S/C13H25NO3/c1-9(15)10-5-7-11(8-6-10)14-12(16)17-13(2,3)4/h9-11,15H,5-8H2,1-4H3,(H,14,16)/t9-,10?,11?/m1/s1. The highest BCUT2D eigenvalue weighted by Gasteiger charge is 2.26. The van der Waals surface area contributed by atoms with E-state index in [1.807, 2.05) is 27.7 Å². The Morgan fingerprint density at radius 2 is 1.82 bits per heavy atom. The first-order valence-electron chi connectivity index (χ1n) is 6.45. The number of aliphatic hydroxyl groups excluding tert-OH is 1. The van der Waals surface area contributed by atoms with Gasteiger partial charge in [0.15, 0.2) is 0 Å². The SMILES string of the molecule is C[C@@H](O)C1CCC(NC(=O)OC(C)(C)C)CC1. The number of nitrogens with one attached hydrogen (secondary N) is 1. The van der Waals surface area contributed by atoms with Crippen molar-refractivity contribution < 1.29 is 14.6 Å². The van der Waals surface area contributed by atoms with Crippen LogP contribution in [0.5, 0.6) is 0 Å². The van der Waals surface area contributed by atoms with Crippen LogP contribution >= 0.6 is 0 Å². The van der Waals surface area contributed by atoms with Gasteiger partial charge in [-0.15, -0.1) is 0 Å². The summed E-state index contributed by atoms with van der Waals surface area (Å²) in [7, 11) is 0. The van der Waals surface area contributed by atoms with E-state index < -0.39 is 5.60 Å². The molecule has 0 aromatic heterocycles. The molecule has 4 nitrogen and oxygen atoms in total. The first-order valence-corrected chi connectivity index (χ1v) is 6.45. The van der Waals surface area contributed by atoms with Gasteiger partial charge in [0.1, 0.15) is 5.60 Å². The van der Waals surface area contributed by atoms with Gasteiger partial charge >= 0.3 is 6.09 Å². The third-order valence-corrected chi connectivity index (χ3v) is 3.17. The fourth-order valence-corrected chi connectivity index (χ4v) is 2.22. The Hall–Kier alpha value is -0.770. The number of carbonyl (C=O) groups excluding carboxylic acids is 1. The number of hydrogen-bond donors (Lipinski definition) is 2. The fourth-order valence-electron chi connectivity index (χ4n) is 2.22. The summed E-state index contributed by atoms with van der Waals surface area (Å²) in [6.45, 7) is 7.41. The van der Waals surface area contributed by atoms with E-state index in [0.717, 1.165) is 25.7 Å². The van der Waals surface area contributed by atoms with Crippen LogP contribution < -0.4 is 5.32 Å². The van der Waals surface area contributed by atoms with Crippen LogP contribution in [-0.2, 0) is 4.74 Å². The number of aliphatic hydroxyl groups is 1. The van der Waals surface area contributed by atoms with Gasteiger partial charge in [-0.1, -0.05) is 0 Å². The second kappa shape index (κ2) is 5.71. The minimum Gasteiger partial charge on any atom is -0.444 e. The zero-order valence-electron chi connectivity index (χ0n) is 11.3. The van der Waals surface area contributed by atoms with Gasteiger partial charge in [0.2, 0.25) is 0 Å². The Balaban J connectivity index is 2.29. The van der Waals surface area contributed by atoms with E-state index in [1.54, 1.807) is 0 Å². The lowest BCUT2D eigenvalue weighted by Gasteiger charge is -2.31. The van der Waals surface area contributed by atoms with E-state index in [9.17, 15) is 9.90 Å². The van der Waals surface area contributed by atoms with Crippen LogP contribution in [0.3, 0.4) is 0 Å². The van der Waals surface area contributed by atoms with Crippen molar-refractivity contribution >= 4 is 6.09 Å². The second-order valence-electron chi connectivity index (χ2n) is 6.00. The maximum absolute atomic E-state index is 11.6. The van der Waals surface area contributed by atoms with Crippen LogP contribution in [0.2, 0.25) is 0 Å². The molecule has 0 radical (unpaired) electrons. The number of rotatable bonds is 2. The van der Waals surface area contributed by atoms with Gasteiger partial charge in [-0.25, -0.2) is 4.79 Å². The molecular formula is C13H25NO3. The Labute approximate surface area is 104 Å². The van der Waals surface area contributed by atoms with Gasteiger partial charge in [-0.3, -0.25) is 0 Å². The van der Waals surface area contributed by atoms with E-state index in [1.165, 1.54) is 0 Å². The molecule has 2 N–H and O–H groups in total. The molecule has 17 heavy (non-hydrogen) atoms. The summed E-state index contributed by atoms with van der Waals surface area (Å²) in [5, 5.41) is 12.4. The summed E-state index contributed by atoms with van der Waals surface area (Å²) < 4.78 is 5.22.